The Morgan fingerprint density at radius 1 is 0.750 bits per heavy atom. The molecule has 0 radical (unpaired) electrons. The van der Waals surface area contributed by atoms with E-state index in [4.69, 9.17) is 20.3 Å². The van der Waals surface area contributed by atoms with E-state index in [0.717, 1.165) is 5.46 Å². The SMILES string of the molecule is [2H]c1c([2H])c([2H])c2c(c1[2H])c1c([2H])c([2H])c([2H])c([2H])c1n2-c1ccc(B2OC(C)(C)C(C)(C)O2)cc1. The smallest absolute Gasteiger partial charge is 0.399 e. The predicted octanol–water partition coefficient (Wildman–Crippen LogP) is 5.08. The molecule has 1 aliphatic rings. The molecule has 1 aromatic heterocycles. The Hall–Kier alpha value is -2.56. The molecule has 0 saturated carbocycles. The minimum Gasteiger partial charge on any atom is -0.399 e. The lowest BCUT2D eigenvalue weighted by Gasteiger charge is -2.32. The third-order valence-corrected chi connectivity index (χ3v) is 5.71. The molecule has 3 nitrogen and oxygen atoms in total. The van der Waals surface area contributed by atoms with Crippen LogP contribution in [0.25, 0.3) is 27.5 Å². The summed E-state index contributed by atoms with van der Waals surface area (Å²) in [5.41, 5.74) is 0.371. The minimum atomic E-state index is -0.600. The zero-order valence-electron chi connectivity index (χ0n) is 24.2. The quantitative estimate of drug-likeness (QED) is 0.455. The average molecular weight is 377 g/mol. The van der Waals surface area contributed by atoms with Gasteiger partial charge in [-0.1, -0.05) is 48.4 Å². The monoisotopic (exact) mass is 377 g/mol. The molecule has 1 aliphatic heterocycles. The third-order valence-electron chi connectivity index (χ3n) is 5.71. The number of benzene rings is 3. The van der Waals surface area contributed by atoms with Crippen LogP contribution in [0.3, 0.4) is 0 Å². The molecule has 0 N–H and O–H groups in total. The fourth-order valence-electron chi connectivity index (χ4n) is 3.44. The Morgan fingerprint density at radius 3 is 1.71 bits per heavy atom. The second-order valence-corrected chi connectivity index (χ2v) is 7.96. The van der Waals surface area contributed by atoms with Crippen LogP contribution < -0.4 is 5.46 Å². The number of para-hydroxylation sites is 2. The van der Waals surface area contributed by atoms with Gasteiger partial charge in [-0.05, 0) is 57.4 Å². The molecular formula is C24H24BNO2. The summed E-state index contributed by atoms with van der Waals surface area (Å²) in [6, 6.07) is 3.85. The van der Waals surface area contributed by atoms with Crippen molar-refractivity contribution in [2.75, 3.05) is 0 Å². The normalized spacial score (nSPS) is 22.2. The van der Waals surface area contributed by atoms with Crippen LogP contribution in [0.1, 0.15) is 38.7 Å². The lowest BCUT2D eigenvalue weighted by Crippen LogP contribution is -2.41. The number of aromatic nitrogens is 1. The van der Waals surface area contributed by atoms with Gasteiger partial charge in [0.25, 0.3) is 0 Å². The van der Waals surface area contributed by atoms with Crippen LogP contribution in [0, 0.1) is 0 Å². The number of hydrogen-bond donors (Lipinski definition) is 0. The van der Waals surface area contributed by atoms with Gasteiger partial charge in [0, 0.05) is 16.5 Å². The highest BCUT2D eigenvalue weighted by Gasteiger charge is 2.51. The van der Waals surface area contributed by atoms with Crippen LogP contribution in [0.4, 0.5) is 0 Å². The van der Waals surface area contributed by atoms with Crippen molar-refractivity contribution in [2.45, 2.75) is 38.9 Å². The largest absolute Gasteiger partial charge is 0.494 e. The summed E-state index contributed by atoms with van der Waals surface area (Å²) >= 11 is 0. The molecule has 0 atom stereocenters. The average Bonchev–Trinajstić information content (AvgIpc) is 3.29. The van der Waals surface area contributed by atoms with E-state index in [1.807, 2.05) is 27.7 Å². The van der Waals surface area contributed by atoms with Gasteiger partial charge >= 0.3 is 7.12 Å². The van der Waals surface area contributed by atoms with Crippen LogP contribution >= 0.6 is 0 Å². The molecule has 0 spiro atoms. The maximum absolute atomic E-state index is 8.59. The first-order valence-corrected chi connectivity index (χ1v) is 9.16. The van der Waals surface area contributed by atoms with Crippen molar-refractivity contribution in [2.24, 2.45) is 0 Å². The molecule has 28 heavy (non-hydrogen) atoms. The molecule has 1 fully saturated rings. The Bertz CT molecular complexity index is 1490. The van der Waals surface area contributed by atoms with E-state index in [1.165, 1.54) is 4.57 Å². The van der Waals surface area contributed by atoms with Crippen molar-refractivity contribution in [1.29, 1.82) is 0 Å². The lowest BCUT2D eigenvalue weighted by atomic mass is 9.79. The molecule has 4 heteroatoms. The second kappa shape index (κ2) is 5.97. The van der Waals surface area contributed by atoms with Gasteiger partial charge in [-0.3, -0.25) is 0 Å². The van der Waals surface area contributed by atoms with Gasteiger partial charge in [0.05, 0.1) is 33.2 Å². The Balaban J connectivity index is 1.81. The molecule has 2 heterocycles. The number of nitrogens with zero attached hydrogens (tertiary/aromatic N) is 1. The Labute approximate surface area is 177 Å². The zero-order valence-corrected chi connectivity index (χ0v) is 16.2. The third kappa shape index (κ3) is 2.52. The van der Waals surface area contributed by atoms with Gasteiger partial charge in [0.15, 0.2) is 0 Å². The van der Waals surface area contributed by atoms with Crippen molar-refractivity contribution in [1.82, 2.24) is 4.57 Å². The highest BCUT2D eigenvalue weighted by atomic mass is 16.7. The maximum atomic E-state index is 8.59. The van der Waals surface area contributed by atoms with Crippen LogP contribution in [-0.4, -0.2) is 22.9 Å². The van der Waals surface area contributed by atoms with Crippen molar-refractivity contribution in [3.05, 3.63) is 72.6 Å². The summed E-state index contributed by atoms with van der Waals surface area (Å²) in [6.07, 6.45) is 0. The fourth-order valence-corrected chi connectivity index (χ4v) is 3.44. The molecule has 0 unspecified atom stereocenters. The van der Waals surface area contributed by atoms with E-state index < -0.39 is 42.5 Å². The van der Waals surface area contributed by atoms with E-state index in [-0.39, 0.29) is 46.0 Å². The van der Waals surface area contributed by atoms with E-state index in [2.05, 4.69) is 0 Å². The topological polar surface area (TPSA) is 23.4 Å². The number of hydrogen-bond acceptors (Lipinski definition) is 2. The summed E-state index contributed by atoms with van der Waals surface area (Å²) in [5, 5.41) is 0.107. The number of fused-ring (bicyclic) bond motifs is 3. The molecule has 0 amide bonds. The standard InChI is InChI=1S/C24H24BNO2/c1-23(2)24(3,4)28-25(27-23)17-13-15-18(16-14-17)26-21-11-7-5-9-19(21)20-10-6-8-12-22(20)26/h5-16H,1-4H3/i5D,6D,7D,8D,9D,10D,11D,12D. The molecule has 5 rings (SSSR count). The first kappa shape index (κ1) is 10.8. The predicted molar refractivity (Wildman–Crippen MR) is 116 cm³/mol. The molecule has 3 aromatic carbocycles. The molecule has 140 valence electrons. The second-order valence-electron chi connectivity index (χ2n) is 7.96. The summed E-state index contributed by atoms with van der Waals surface area (Å²) < 4.78 is 80.6. The molecule has 0 bridgehead atoms. The number of rotatable bonds is 2. The van der Waals surface area contributed by atoms with Crippen molar-refractivity contribution < 1.29 is 20.3 Å². The minimum absolute atomic E-state index is 0.0537. The van der Waals surface area contributed by atoms with E-state index >= 15 is 0 Å². The summed E-state index contributed by atoms with van der Waals surface area (Å²) in [5.74, 6) is 0. The molecule has 0 aliphatic carbocycles. The van der Waals surface area contributed by atoms with E-state index in [1.54, 1.807) is 24.3 Å². The summed E-state index contributed by atoms with van der Waals surface area (Å²) in [7, 11) is -0.600. The summed E-state index contributed by atoms with van der Waals surface area (Å²) in [6.45, 7) is 7.83. The first-order chi connectivity index (χ1) is 16.7. The van der Waals surface area contributed by atoms with Crippen LogP contribution in [0.2, 0.25) is 0 Å². The molecule has 4 aromatic rings. The van der Waals surface area contributed by atoms with Crippen molar-refractivity contribution in [3.8, 4) is 5.69 Å². The zero-order chi connectivity index (χ0) is 26.5. The molecule has 1 saturated heterocycles. The fraction of sp³-hybridized carbons (Fsp3) is 0.250. The first-order valence-electron chi connectivity index (χ1n) is 13.2. The van der Waals surface area contributed by atoms with E-state index in [0.29, 0.717) is 5.69 Å². The Kier molecular flexibility index (Phi) is 2.31. The lowest BCUT2D eigenvalue weighted by molar-refractivity contribution is 0.00578. The molecular weight excluding hydrogens is 345 g/mol. The van der Waals surface area contributed by atoms with Gasteiger partial charge in [-0.15, -0.1) is 0 Å². The van der Waals surface area contributed by atoms with Crippen LogP contribution in [0.15, 0.2) is 72.6 Å². The van der Waals surface area contributed by atoms with Gasteiger partial charge in [-0.25, -0.2) is 0 Å². The van der Waals surface area contributed by atoms with Crippen LogP contribution in [-0.2, 0) is 9.31 Å². The van der Waals surface area contributed by atoms with Gasteiger partial charge < -0.3 is 13.9 Å². The van der Waals surface area contributed by atoms with E-state index in [9.17, 15) is 0 Å². The van der Waals surface area contributed by atoms with Gasteiger partial charge in [0.2, 0.25) is 0 Å². The van der Waals surface area contributed by atoms with Crippen LogP contribution in [0.5, 0.6) is 0 Å². The highest BCUT2D eigenvalue weighted by molar-refractivity contribution is 6.62. The highest BCUT2D eigenvalue weighted by Crippen LogP contribution is 2.37. The van der Waals surface area contributed by atoms with Crippen molar-refractivity contribution >= 4 is 34.4 Å². The maximum Gasteiger partial charge on any atom is 0.494 e. The Morgan fingerprint density at radius 2 is 1.21 bits per heavy atom. The summed E-state index contributed by atoms with van der Waals surface area (Å²) in [4.78, 5) is 0. The van der Waals surface area contributed by atoms with Crippen molar-refractivity contribution in [3.63, 3.8) is 0 Å². The van der Waals surface area contributed by atoms with Gasteiger partial charge in [-0.2, -0.15) is 0 Å². The van der Waals surface area contributed by atoms with Gasteiger partial charge in [0.1, 0.15) is 0 Å².